The number of fused-ring (bicyclic) bond motifs is 1. The lowest BCUT2D eigenvalue weighted by molar-refractivity contribution is -0.173. The number of carbonyl (C=O) groups is 2. The summed E-state index contributed by atoms with van der Waals surface area (Å²) in [5.41, 5.74) is -0.106. The van der Waals surface area contributed by atoms with Crippen LogP contribution < -0.4 is 0 Å². The zero-order chi connectivity index (χ0) is 15.2. The van der Waals surface area contributed by atoms with Crippen molar-refractivity contribution in [3.63, 3.8) is 0 Å². The van der Waals surface area contributed by atoms with Gasteiger partial charge in [-0.25, -0.2) is 0 Å². The molecule has 0 aromatic rings. The van der Waals surface area contributed by atoms with E-state index in [4.69, 9.17) is 0 Å². The molecule has 0 spiro atoms. The van der Waals surface area contributed by atoms with Gasteiger partial charge in [0, 0.05) is 12.1 Å². The third kappa shape index (κ3) is 2.27. The molecule has 2 unspecified atom stereocenters. The van der Waals surface area contributed by atoms with Crippen LogP contribution in [0.3, 0.4) is 0 Å². The SMILES string of the molecule is CC(C)C1C(=O)N2CCCCC2C(=O)N1C1(C)CCCC1. The molecule has 2 saturated heterocycles. The minimum absolute atomic E-state index is 0.106. The average Bonchev–Trinajstić information content (AvgIpc) is 2.89. The molecule has 0 N–H and O–H groups in total. The highest BCUT2D eigenvalue weighted by molar-refractivity contribution is 5.97. The molecule has 0 aromatic heterocycles. The molecule has 2 heterocycles. The molecule has 3 rings (SSSR count). The lowest BCUT2D eigenvalue weighted by Crippen LogP contribution is -2.71. The van der Waals surface area contributed by atoms with Gasteiger partial charge in [0.1, 0.15) is 12.1 Å². The Morgan fingerprint density at radius 3 is 2.33 bits per heavy atom. The van der Waals surface area contributed by atoms with Gasteiger partial charge in [0.25, 0.3) is 0 Å². The minimum Gasteiger partial charge on any atom is -0.329 e. The monoisotopic (exact) mass is 292 g/mol. The molecule has 118 valence electrons. The van der Waals surface area contributed by atoms with Gasteiger partial charge < -0.3 is 9.80 Å². The Morgan fingerprint density at radius 1 is 1.05 bits per heavy atom. The van der Waals surface area contributed by atoms with E-state index in [0.29, 0.717) is 0 Å². The van der Waals surface area contributed by atoms with E-state index in [1.54, 1.807) is 0 Å². The highest BCUT2D eigenvalue weighted by Crippen LogP contribution is 2.41. The molecular weight excluding hydrogens is 264 g/mol. The fraction of sp³-hybridized carbons (Fsp3) is 0.882. The predicted molar refractivity (Wildman–Crippen MR) is 81.7 cm³/mol. The number of amides is 2. The van der Waals surface area contributed by atoms with Gasteiger partial charge >= 0.3 is 0 Å². The molecule has 0 bridgehead atoms. The maximum absolute atomic E-state index is 13.1. The van der Waals surface area contributed by atoms with Gasteiger partial charge in [0.05, 0.1) is 0 Å². The van der Waals surface area contributed by atoms with E-state index >= 15 is 0 Å². The first kappa shape index (κ1) is 14.9. The summed E-state index contributed by atoms with van der Waals surface area (Å²) in [6.07, 6.45) is 7.39. The number of rotatable bonds is 2. The third-order valence-corrected chi connectivity index (χ3v) is 5.73. The van der Waals surface area contributed by atoms with Gasteiger partial charge in [0.2, 0.25) is 11.8 Å². The Morgan fingerprint density at radius 2 is 1.71 bits per heavy atom. The largest absolute Gasteiger partial charge is 0.329 e. The lowest BCUT2D eigenvalue weighted by atomic mass is 9.85. The van der Waals surface area contributed by atoms with Crippen molar-refractivity contribution >= 4 is 11.8 Å². The molecule has 3 fully saturated rings. The smallest absolute Gasteiger partial charge is 0.246 e. The van der Waals surface area contributed by atoms with Crippen LogP contribution in [0.1, 0.15) is 65.7 Å². The van der Waals surface area contributed by atoms with Crippen molar-refractivity contribution in [3.8, 4) is 0 Å². The van der Waals surface area contributed by atoms with Crippen molar-refractivity contribution in [3.05, 3.63) is 0 Å². The van der Waals surface area contributed by atoms with Crippen molar-refractivity contribution in [2.24, 2.45) is 5.92 Å². The standard InChI is InChI=1S/C17H28N2O2/c1-12(2)14-16(21)18-11-7-4-8-13(18)15(20)19(14)17(3)9-5-6-10-17/h12-14H,4-11H2,1-3H3. The van der Waals surface area contributed by atoms with Crippen LogP contribution in [0, 0.1) is 5.92 Å². The van der Waals surface area contributed by atoms with E-state index in [1.165, 1.54) is 12.8 Å². The zero-order valence-electron chi connectivity index (χ0n) is 13.6. The fourth-order valence-corrected chi connectivity index (χ4v) is 4.59. The maximum atomic E-state index is 13.1. The summed E-state index contributed by atoms with van der Waals surface area (Å²) in [6, 6.07) is -0.436. The molecule has 1 aliphatic carbocycles. The van der Waals surface area contributed by atoms with Crippen LogP contribution in [-0.2, 0) is 9.59 Å². The molecular formula is C17H28N2O2. The van der Waals surface area contributed by atoms with Crippen LogP contribution in [0.2, 0.25) is 0 Å². The van der Waals surface area contributed by atoms with Gasteiger partial charge in [-0.2, -0.15) is 0 Å². The van der Waals surface area contributed by atoms with E-state index < -0.39 is 0 Å². The second-order valence-electron chi connectivity index (χ2n) is 7.64. The van der Waals surface area contributed by atoms with Crippen molar-refractivity contribution in [2.45, 2.75) is 83.3 Å². The molecule has 2 aliphatic heterocycles. The van der Waals surface area contributed by atoms with Crippen molar-refractivity contribution in [1.29, 1.82) is 0 Å². The number of hydrogen-bond donors (Lipinski definition) is 0. The van der Waals surface area contributed by atoms with Crippen LogP contribution in [0.4, 0.5) is 0 Å². The molecule has 3 aliphatic rings. The molecule has 0 radical (unpaired) electrons. The van der Waals surface area contributed by atoms with E-state index in [1.807, 2.05) is 9.80 Å². The quantitative estimate of drug-likeness (QED) is 0.785. The first-order chi connectivity index (χ1) is 9.96. The molecule has 4 nitrogen and oxygen atoms in total. The van der Waals surface area contributed by atoms with Gasteiger partial charge in [-0.1, -0.05) is 26.7 Å². The zero-order valence-corrected chi connectivity index (χ0v) is 13.6. The summed E-state index contributed by atoms with van der Waals surface area (Å²) < 4.78 is 0. The first-order valence-electron chi connectivity index (χ1n) is 8.59. The summed E-state index contributed by atoms with van der Waals surface area (Å²) in [7, 11) is 0. The highest BCUT2D eigenvalue weighted by atomic mass is 16.2. The summed E-state index contributed by atoms with van der Waals surface area (Å²) in [4.78, 5) is 30.0. The van der Waals surface area contributed by atoms with Crippen LogP contribution in [0.25, 0.3) is 0 Å². The summed E-state index contributed by atoms with van der Waals surface area (Å²) in [5, 5.41) is 0. The number of piperidine rings is 1. The maximum Gasteiger partial charge on any atom is 0.246 e. The molecule has 21 heavy (non-hydrogen) atoms. The number of carbonyl (C=O) groups excluding carboxylic acids is 2. The minimum atomic E-state index is -0.255. The Kier molecular flexibility index (Phi) is 3.74. The Balaban J connectivity index is 1.98. The summed E-state index contributed by atoms with van der Waals surface area (Å²) >= 11 is 0. The summed E-state index contributed by atoms with van der Waals surface area (Å²) in [5.74, 6) is 0.599. The van der Waals surface area contributed by atoms with Crippen molar-refractivity contribution < 1.29 is 9.59 Å². The van der Waals surface area contributed by atoms with Crippen molar-refractivity contribution in [2.75, 3.05) is 6.54 Å². The Bertz CT molecular complexity index is 440. The molecule has 2 amide bonds. The Hall–Kier alpha value is -1.06. The molecule has 2 atom stereocenters. The number of hydrogen-bond acceptors (Lipinski definition) is 2. The van der Waals surface area contributed by atoms with Gasteiger partial charge in [-0.05, 0) is 44.9 Å². The first-order valence-corrected chi connectivity index (χ1v) is 8.59. The van der Waals surface area contributed by atoms with E-state index in [2.05, 4.69) is 20.8 Å². The summed E-state index contributed by atoms with van der Waals surface area (Å²) in [6.45, 7) is 7.11. The average molecular weight is 292 g/mol. The Labute approximate surface area is 127 Å². The number of nitrogens with zero attached hydrogens (tertiary/aromatic N) is 2. The lowest BCUT2D eigenvalue weighted by Gasteiger charge is -2.53. The normalized spacial score (nSPS) is 32.8. The second-order valence-corrected chi connectivity index (χ2v) is 7.64. The van der Waals surface area contributed by atoms with Gasteiger partial charge in [0.15, 0.2) is 0 Å². The second kappa shape index (κ2) is 5.29. The predicted octanol–water partition coefficient (Wildman–Crippen LogP) is 2.57. The van der Waals surface area contributed by atoms with Crippen LogP contribution in [0.5, 0.6) is 0 Å². The highest BCUT2D eigenvalue weighted by Gasteiger charge is 2.53. The van der Waals surface area contributed by atoms with E-state index in [9.17, 15) is 9.59 Å². The molecule has 1 saturated carbocycles. The van der Waals surface area contributed by atoms with Crippen molar-refractivity contribution in [1.82, 2.24) is 9.80 Å². The van der Waals surface area contributed by atoms with E-state index in [-0.39, 0.29) is 35.4 Å². The van der Waals surface area contributed by atoms with Crippen LogP contribution >= 0.6 is 0 Å². The van der Waals surface area contributed by atoms with Crippen LogP contribution in [-0.4, -0.2) is 45.8 Å². The topological polar surface area (TPSA) is 40.6 Å². The molecule has 0 aromatic carbocycles. The molecule has 4 heteroatoms. The third-order valence-electron chi connectivity index (χ3n) is 5.73. The van der Waals surface area contributed by atoms with Crippen LogP contribution in [0.15, 0.2) is 0 Å². The van der Waals surface area contributed by atoms with Gasteiger partial charge in [-0.15, -0.1) is 0 Å². The number of piperazine rings is 1. The fourth-order valence-electron chi connectivity index (χ4n) is 4.59. The van der Waals surface area contributed by atoms with Gasteiger partial charge in [-0.3, -0.25) is 9.59 Å². The van der Waals surface area contributed by atoms with E-state index in [0.717, 1.165) is 38.6 Å².